The molecule has 1 aliphatic rings. The summed E-state index contributed by atoms with van der Waals surface area (Å²) >= 11 is 0. The zero-order valence-electron chi connectivity index (χ0n) is 25.3. The second kappa shape index (κ2) is 12.7. The number of aliphatic imine (C=N–C) groups is 1. The van der Waals surface area contributed by atoms with Gasteiger partial charge in [0.15, 0.2) is 5.84 Å². The lowest BCUT2D eigenvalue weighted by atomic mass is 9.90. The number of nitrogens with one attached hydrogen (secondary N) is 2. The average Bonchev–Trinajstić information content (AvgIpc) is 3.69. The van der Waals surface area contributed by atoms with E-state index in [0.717, 1.165) is 35.4 Å². The van der Waals surface area contributed by atoms with Crippen LogP contribution in [-0.2, 0) is 14.3 Å². The summed E-state index contributed by atoms with van der Waals surface area (Å²) in [4.78, 5) is 25.1. The number of ketones is 1. The van der Waals surface area contributed by atoms with Crippen molar-refractivity contribution in [3.8, 4) is 17.1 Å². The summed E-state index contributed by atoms with van der Waals surface area (Å²) in [5.41, 5.74) is 2.53. The third kappa shape index (κ3) is 10.5. The van der Waals surface area contributed by atoms with Crippen molar-refractivity contribution >= 4 is 26.8 Å². The monoisotopic (exact) mass is 573 g/mol. The Balaban J connectivity index is 1.62. The van der Waals surface area contributed by atoms with Crippen LogP contribution in [0.25, 0.3) is 11.3 Å². The molecule has 40 heavy (non-hydrogen) atoms. The lowest BCUT2D eigenvalue weighted by molar-refractivity contribution is -0.126. The van der Waals surface area contributed by atoms with Gasteiger partial charge in [-0.1, -0.05) is 0 Å². The van der Waals surface area contributed by atoms with Crippen molar-refractivity contribution < 1.29 is 19.0 Å². The topological polar surface area (TPSA) is 119 Å². The number of hydrogen-bond acceptors (Lipinski definition) is 7. The maximum atomic E-state index is 11.8. The van der Waals surface area contributed by atoms with E-state index < -0.39 is 14.6 Å². The number of Topliss-reactive ketones (excluding diaryl/α,β-unsaturated/α-hetero) is 1. The Morgan fingerprint density at radius 2 is 1.90 bits per heavy atom. The normalized spacial score (nSPS) is 15.2. The standard InChI is InChI=1S/C30H47N5O4S/c1-21-15-27(39-19-30(3,4)22(2)36)33-17-25(21)26-12-11-24(16-32-26)28(31)35-29(38-18-23-9-10-23)34-20-37-13-14-40(5,6,7)8/h11-12,15-17,23,40H,9-10,13-14,18-20H2,1-8H3,(H2,31,34,35). The molecular weight excluding hydrogens is 526 g/mol. The zero-order chi connectivity index (χ0) is 29.6. The SMILES string of the molecule is CC(=O)C(C)(C)COc1cc(C)c(-c2ccc(C(=N)/N=C(\NCOCC[SH](C)(C)(C)C)OCC3CC3)cn2)cn1. The number of amidine groups is 2. The van der Waals surface area contributed by atoms with E-state index in [0.29, 0.717) is 36.6 Å². The van der Waals surface area contributed by atoms with Crippen molar-refractivity contribution in [2.45, 2.75) is 40.5 Å². The molecular formula is C30H47N5O4S. The minimum Gasteiger partial charge on any atom is -0.477 e. The van der Waals surface area contributed by atoms with E-state index in [1.54, 1.807) is 19.3 Å². The van der Waals surface area contributed by atoms with Crippen LogP contribution in [0.3, 0.4) is 0 Å². The van der Waals surface area contributed by atoms with Crippen LogP contribution >= 0.6 is 9.16 Å². The first-order valence-electron chi connectivity index (χ1n) is 13.8. The Labute approximate surface area is 239 Å². The van der Waals surface area contributed by atoms with Gasteiger partial charge >= 0.3 is 0 Å². The van der Waals surface area contributed by atoms with E-state index in [9.17, 15) is 4.79 Å². The van der Waals surface area contributed by atoms with E-state index in [4.69, 9.17) is 19.6 Å². The Kier molecular flexibility index (Phi) is 10.0. The lowest BCUT2D eigenvalue weighted by Gasteiger charge is -2.46. The summed E-state index contributed by atoms with van der Waals surface area (Å²) < 4.78 is 17.4. The Hall–Kier alpha value is -2.98. The average molecular weight is 574 g/mol. The lowest BCUT2D eigenvalue weighted by Crippen LogP contribution is -2.31. The number of thiol groups is 1. The van der Waals surface area contributed by atoms with Crippen molar-refractivity contribution in [2.75, 3.05) is 57.3 Å². The van der Waals surface area contributed by atoms with Gasteiger partial charge < -0.3 is 19.5 Å². The van der Waals surface area contributed by atoms with Crippen LogP contribution in [0.2, 0.25) is 0 Å². The maximum absolute atomic E-state index is 11.8. The molecule has 1 saturated carbocycles. The van der Waals surface area contributed by atoms with E-state index in [-0.39, 0.29) is 25.0 Å². The predicted molar refractivity (Wildman–Crippen MR) is 167 cm³/mol. The van der Waals surface area contributed by atoms with Crippen LogP contribution in [0.15, 0.2) is 35.6 Å². The molecule has 10 heteroatoms. The Morgan fingerprint density at radius 1 is 1.18 bits per heavy atom. The molecule has 0 radical (unpaired) electrons. The van der Waals surface area contributed by atoms with Crippen LogP contribution < -0.4 is 10.1 Å². The molecule has 0 aromatic carbocycles. The fourth-order valence-electron chi connectivity index (χ4n) is 3.31. The fraction of sp³-hybridized carbons (Fsp3) is 0.567. The number of ether oxygens (including phenoxy) is 3. The minimum absolute atomic E-state index is 0.0539. The molecule has 1 aliphatic carbocycles. The third-order valence-corrected chi connectivity index (χ3v) is 8.73. The van der Waals surface area contributed by atoms with Crippen LogP contribution in [0, 0.1) is 23.7 Å². The maximum Gasteiger partial charge on any atom is 0.293 e. The second-order valence-electron chi connectivity index (χ2n) is 13.4. The molecule has 2 aromatic rings. The van der Waals surface area contributed by atoms with Gasteiger partial charge in [0.25, 0.3) is 6.02 Å². The molecule has 2 aromatic heterocycles. The van der Waals surface area contributed by atoms with Crippen molar-refractivity contribution in [2.24, 2.45) is 16.3 Å². The number of rotatable bonds is 13. The zero-order valence-corrected chi connectivity index (χ0v) is 26.2. The number of nitrogens with zero attached hydrogens (tertiary/aromatic N) is 3. The van der Waals surface area contributed by atoms with Crippen molar-refractivity contribution in [3.63, 3.8) is 0 Å². The first kappa shape index (κ1) is 31.5. The van der Waals surface area contributed by atoms with E-state index in [1.807, 2.05) is 39.0 Å². The van der Waals surface area contributed by atoms with E-state index in [2.05, 4.69) is 45.3 Å². The largest absolute Gasteiger partial charge is 0.477 e. The van der Waals surface area contributed by atoms with Crippen molar-refractivity contribution in [1.29, 1.82) is 5.41 Å². The molecule has 0 unspecified atom stereocenters. The van der Waals surface area contributed by atoms with E-state index >= 15 is 0 Å². The molecule has 9 nitrogen and oxygen atoms in total. The summed E-state index contributed by atoms with van der Waals surface area (Å²) in [7, 11) is -1.62. The number of carbonyl (C=O) groups excluding carboxylic acids is 1. The predicted octanol–water partition coefficient (Wildman–Crippen LogP) is 4.71. The highest BCUT2D eigenvalue weighted by Gasteiger charge is 2.25. The van der Waals surface area contributed by atoms with Gasteiger partial charge in [-0.3, -0.25) is 24.3 Å². The van der Waals surface area contributed by atoms with Crippen molar-refractivity contribution in [1.82, 2.24) is 15.3 Å². The van der Waals surface area contributed by atoms with Gasteiger partial charge in [0.05, 0.1) is 24.3 Å². The number of aromatic nitrogens is 2. The van der Waals surface area contributed by atoms with Gasteiger partial charge in [0, 0.05) is 29.6 Å². The molecule has 3 rings (SSSR count). The van der Waals surface area contributed by atoms with Crippen LogP contribution in [0.5, 0.6) is 5.88 Å². The van der Waals surface area contributed by atoms with Gasteiger partial charge in [-0.05, 0) is 94.9 Å². The second-order valence-corrected chi connectivity index (χ2v) is 21.8. The molecule has 2 N–H and O–H groups in total. The van der Waals surface area contributed by atoms with Gasteiger partial charge in [-0.15, -0.1) is 0 Å². The molecule has 1 fully saturated rings. The fourth-order valence-corrected chi connectivity index (χ4v) is 4.17. The van der Waals surface area contributed by atoms with Crippen molar-refractivity contribution in [3.05, 3.63) is 41.7 Å². The summed E-state index contributed by atoms with van der Waals surface area (Å²) in [6.07, 6.45) is 15.0. The number of pyridine rings is 2. The first-order chi connectivity index (χ1) is 18.6. The highest BCUT2D eigenvalue weighted by Crippen LogP contribution is 2.54. The van der Waals surface area contributed by atoms with Gasteiger partial charge in [-0.2, -0.15) is 4.99 Å². The summed E-state index contributed by atoms with van der Waals surface area (Å²) in [5.74, 6) is 2.19. The summed E-state index contributed by atoms with van der Waals surface area (Å²) in [5, 5.41) is 11.6. The molecule has 0 atom stereocenters. The quantitative estimate of drug-likeness (QED) is 0.104. The van der Waals surface area contributed by atoms with Gasteiger partial charge in [0.2, 0.25) is 5.88 Å². The number of hydrogen-bond donors (Lipinski definition) is 3. The Morgan fingerprint density at radius 3 is 2.48 bits per heavy atom. The third-order valence-electron chi connectivity index (χ3n) is 6.75. The summed E-state index contributed by atoms with van der Waals surface area (Å²) in [6, 6.07) is 5.80. The highest BCUT2D eigenvalue weighted by molar-refractivity contribution is 8.47. The van der Waals surface area contributed by atoms with Crippen LogP contribution in [-0.4, -0.2) is 84.9 Å². The molecule has 0 amide bonds. The molecule has 222 valence electrons. The number of carbonyl (C=O) groups is 1. The Bertz CT molecular complexity index is 1220. The van der Waals surface area contributed by atoms with Gasteiger partial charge in [0.1, 0.15) is 19.1 Å². The van der Waals surface area contributed by atoms with E-state index in [1.165, 1.54) is 0 Å². The molecule has 0 saturated heterocycles. The summed E-state index contributed by atoms with van der Waals surface area (Å²) in [6.45, 7) is 9.02. The highest BCUT2D eigenvalue weighted by atomic mass is 32.3. The van der Waals surface area contributed by atoms with Gasteiger partial charge in [-0.25, -0.2) is 4.98 Å². The van der Waals surface area contributed by atoms with Crippen LogP contribution in [0.4, 0.5) is 0 Å². The molecule has 2 heterocycles. The molecule has 0 bridgehead atoms. The van der Waals surface area contributed by atoms with Crippen LogP contribution in [0.1, 0.15) is 44.7 Å². The number of aryl methyl sites for hydroxylation is 1. The molecule has 0 aliphatic heterocycles. The smallest absolute Gasteiger partial charge is 0.293 e. The first-order valence-corrected chi connectivity index (χ1v) is 18.0. The molecule has 0 spiro atoms. The minimum atomic E-state index is -1.62.